The fourth-order valence-electron chi connectivity index (χ4n) is 5.00. The Morgan fingerprint density at radius 2 is 1.97 bits per heavy atom. The summed E-state index contributed by atoms with van der Waals surface area (Å²) in [6, 6.07) is 10.4. The van der Waals surface area contributed by atoms with Crippen LogP contribution in [0.3, 0.4) is 0 Å². The van der Waals surface area contributed by atoms with Crippen molar-refractivity contribution in [3.05, 3.63) is 48.9 Å². The Morgan fingerprint density at radius 3 is 2.81 bits per heavy atom. The summed E-state index contributed by atoms with van der Waals surface area (Å²) in [5, 5.41) is 8.77. The molecule has 2 aromatic heterocycles. The number of thiocarbonyl (C=S) groups is 1. The number of morpholine rings is 1. The Bertz CT molecular complexity index is 1200. The quantitative estimate of drug-likeness (QED) is 0.453. The molecule has 2 saturated heterocycles. The molecule has 2 aliphatic rings. The molecule has 196 valence electrons. The highest BCUT2D eigenvalue weighted by atomic mass is 32.1. The number of hydrogen-bond acceptors (Lipinski definition) is 8. The van der Waals surface area contributed by atoms with Gasteiger partial charge in [-0.3, -0.25) is 14.9 Å². The second kappa shape index (κ2) is 12.0. The lowest BCUT2D eigenvalue weighted by molar-refractivity contribution is 0.0398. The van der Waals surface area contributed by atoms with Gasteiger partial charge in [-0.1, -0.05) is 19.9 Å². The zero-order valence-corrected chi connectivity index (χ0v) is 22.5. The maximum atomic E-state index is 5.92. The van der Waals surface area contributed by atoms with Crippen LogP contribution in [0.2, 0.25) is 0 Å². The van der Waals surface area contributed by atoms with Crippen molar-refractivity contribution in [2.45, 2.75) is 19.9 Å². The van der Waals surface area contributed by atoms with Gasteiger partial charge in [0, 0.05) is 63.1 Å². The summed E-state index contributed by atoms with van der Waals surface area (Å²) in [6.45, 7) is 12.4. The third-order valence-electron chi connectivity index (χ3n) is 7.12. The summed E-state index contributed by atoms with van der Waals surface area (Å²) in [5.74, 6) is 2.14. The van der Waals surface area contributed by atoms with Gasteiger partial charge in [0.1, 0.15) is 11.6 Å². The fourth-order valence-corrected chi connectivity index (χ4v) is 5.34. The van der Waals surface area contributed by atoms with Gasteiger partial charge in [0.2, 0.25) is 0 Å². The minimum atomic E-state index is 0.251. The van der Waals surface area contributed by atoms with Crippen LogP contribution in [-0.4, -0.2) is 94.9 Å². The van der Waals surface area contributed by atoms with Crippen molar-refractivity contribution < 1.29 is 4.74 Å². The van der Waals surface area contributed by atoms with Gasteiger partial charge in [-0.2, -0.15) is 0 Å². The minimum absolute atomic E-state index is 0.251. The number of ether oxygens (including phenoxy) is 1. The molecule has 1 aromatic carbocycles. The topological polar surface area (TPSA) is 81.7 Å². The van der Waals surface area contributed by atoms with Gasteiger partial charge in [-0.15, -0.1) is 0 Å². The molecule has 2 aliphatic heterocycles. The number of nitrogens with zero attached hydrogens (tertiary/aromatic N) is 6. The summed E-state index contributed by atoms with van der Waals surface area (Å²) in [4.78, 5) is 20.9. The Hall–Kier alpha value is -3.08. The second-order valence-corrected chi connectivity index (χ2v) is 10.3. The smallest absolute Gasteiger partial charge is 0.173 e. The average Bonchev–Trinajstić information content (AvgIpc) is 2.93. The van der Waals surface area contributed by atoms with E-state index in [2.05, 4.69) is 61.3 Å². The van der Waals surface area contributed by atoms with E-state index in [0.717, 1.165) is 92.4 Å². The van der Waals surface area contributed by atoms with Gasteiger partial charge in [0.15, 0.2) is 5.11 Å². The molecule has 9 nitrogen and oxygen atoms in total. The number of fused-ring (bicyclic) bond motifs is 1. The molecule has 0 radical (unpaired) electrons. The van der Waals surface area contributed by atoms with Gasteiger partial charge in [0.05, 0.1) is 37.2 Å². The highest BCUT2D eigenvalue weighted by Crippen LogP contribution is 2.25. The molecule has 3 aromatic rings. The first-order chi connectivity index (χ1) is 18.1. The molecule has 4 heterocycles. The number of anilines is 3. The van der Waals surface area contributed by atoms with Crippen molar-refractivity contribution in [2.24, 2.45) is 5.92 Å². The number of nitrogens with one attached hydrogen (secondary N) is 2. The maximum Gasteiger partial charge on any atom is 0.173 e. The maximum absolute atomic E-state index is 5.92. The van der Waals surface area contributed by atoms with Crippen LogP contribution in [0.4, 0.5) is 17.3 Å². The van der Waals surface area contributed by atoms with Crippen LogP contribution in [0.15, 0.2) is 48.9 Å². The van der Waals surface area contributed by atoms with E-state index in [4.69, 9.17) is 21.9 Å². The van der Waals surface area contributed by atoms with E-state index in [0.29, 0.717) is 5.92 Å². The second-order valence-electron chi connectivity index (χ2n) is 9.90. The van der Waals surface area contributed by atoms with Crippen molar-refractivity contribution in [2.75, 3.05) is 74.6 Å². The number of hydrogen-bond donors (Lipinski definition) is 2. The normalized spacial score (nSPS) is 18.8. The van der Waals surface area contributed by atoms with Crippen molar-refractivity contribution in [3.63, 3.8) is 0 Å². The minimum Gasteiger partial charge on any atom is -0.379 e. The Kier molecular flexibility index (Phi) is 8.28. The van der Waals surface area contributed by atoms with E-state index in [1.165, 1.54) is 0 Å². The van der Waals surface area contributed by atoms with Crippen molar-refractivity contribution in [3.8, 4) is 0 Å². The first-order valence-corrected chi connectivity index (χ1v) is 13.5. The summed E-state index contributed by atoms with van der Waals surface area (Å²) < 4.78 is 5.43. The number of aromatic nitrogens is 3. The molecule has 0 saturated carbocycles. The van der Waals surface area contributed by atoms with Crippen LogP contribution < -0.4 is 15.5 Å². The standard InChI is InChI=1S/C27H36N8OS/c1-20(2)24-19-34(26-18-28-17-25(32-26)30-9-10-33-13-15-36-16-14-33)11-12-35(24)27(37)31-23-7-3-6-22-21(23)5-4-8-29-22/h3-8,17-18,20,24H,9-16,19H2,1-2H3,(H,30,32)(H,31,37). The molecule has 0 bridgehead atoms. The molecular formula is C27H36N8OS. The Labute approximate surface area is 224 Å². The van der Waals surface area contributed by atoms with Crippen LogP contribution in [0, 0.1) is 5.92 Å². The Balaban J connectivity index is 1.22. The highest BCUT2D eigenvalue weighted by molar-refractivity contribution is 7.80. The molecule has 1 atom stereocenters. The number of piperazine rings is 1. The van der Waals surface area contributed by atoms with Crippen LogP contribution in [-0.2, 0) is 4.74 Å². The molecule has 5 rings (SSSR count). The summed E-state index contributed by atoms with van der Waals surface area (Å²) in [6.07, 6.45) is 5.48. The SMILES string of the molecule is CC(C)C1CN(c2cncc(NCCN3CCOCC3)n2)CCN1C(=S)Nc1cccc2ncccc12. The zero-order valence-electron chi connectivity index (χ0n) is 21.6. The monoisotopic (exact) mass is 520 g/mol. The lowest BCUT2D eigenvalue weighted by Gasteiger charge is -2.45. The molecule has 2 fully saturated rings. The summed E-state index contributed by atoms with van der Waals surface area (Å²) in [5.41, 5.74) is 1.94. The van der Waals surface area contributed by atoms with Gasteiger partial charge in [0.25, 0.3) is 0 Å². The first-order valence-electron chi connectivity index (χ1n) is 13.1. The number of rotatable bonds is 7. The fraction of sp³-hybridized carbons (Fsp3) is 0.481. The number of benzene rings is 1. The van der Waals surface area contributed by atoms with E-state index >= 15 is 0 Å². The third kappa shape index (κ3) is 6.26. The third-order valence-corrected chi connectivity index (χ3v) is 7.46. The molecule has 1 unspecified atom stereocenters. The van der Waals surface area contributed by atoms with Crippen LogP contribution in [0.25, 0.3) is 10.9 Å². The predicted molar refractivity (Wildman–Crippen MR) is 153 cm³/mol. The summed E-state index contributed by atoms with van der Waals surface area (Å²) >= 11 is 5.92. The van der Waals surface area contributed by atoms with Crippen LogP contribution >= 0.6 is 12.2 Å². The predicted octanol–water partition coefficient (Wildman–Crippen LogP) is 3.31. The molecule has 10 heteroatoms. The van der Waals surface area contributed by atoms with Gasteiger partial charge < -0.3 is 25.2 Å². The Morgan fingerprint density at radius 1 is 1.11 bits per heavy atom. The molecular weight excluding hydrogens is 484 g/mol. The van der Waals surface area contributed by atoms with Crippen molar-refractivity contribution in [1.29, 1.82) is 0 Å². The van der Waals surface area contributed by atoms with E-state index in [1.54, 1.807) is 6.20 Å². The average molecular weight is 521 g/mol. The van der Waals surface area contributed by atoms with Crippen LogP contribution in [0.5, 0.6) is 0 Å². The molecule has 0 amide bonds. The first kappa shape index (κ1) is 25.6. The van der Waals surface area contributed by atoms with E-state index < -0.39 is 0 Å². The highest BCUT2D eigenvalue weighted by Gasteiger charge is 2.32. The number of pyridine rings is 1. The van der Waals surface area contributed by atoms with Gasteiger partial charge >= 0.3 is 0 Å². The molecule has 2 N–H and O–H groups in total. The largest absolute Gasteiger partial charge is 0.379 e. The van der Waals surface area contributed by atoms with E-state index in [9.17, 15) is 0 Å². The molecule has 0 aliphatic carbocycles. The van der Waals surface area contributed by atoms with Gasteiger partial charge in [-0.05, 0) is 42.4 Å². The lowest BCUT2D eigenvalue weighted by atomic mass is 10.00. The molecule has 37 heavy (non-hydrogen) atoms. The zero-order chi connectivity index (χ0) is 25.6. The van der Waals surface area contributed by atoms with Gasteiger partial charge in [-0.25, -0.2) is 4.98 Å². The van der Waals surface area contributed by atoms with Crippen LogP contribution in [0.1, 0.15) is 13.8 Å². The van der Waals surface area contributed by atoms with Crippen molar-refractivity contribution in [1.82, 2.24) is 24.8 Å². The van der Waals surface area contributed by atoms with E-state index in [-0.39, 0.29) is 6.04 Å². The van der Waals surface area contributed by atoms with Crippen molar-refractivity contribution >= 4 is 45.6 Å². The lowest BCUT2D eigenvalue weighted by Crippen LogP contribution is -2.58. The molecule has 0 spiro atoms. The van der Waals surface area contributed by atoms with E-state index in [1.807, 2.05) is 30.6 Å². The summed E-state index contributed by atoms with van der Waals surface area (Å²) in [7, 11) is 0.